The number of carbonyl (C=O) groups excluding carboxylic acids is 1. The molecule has 1 fully saturated rings. The van der Waals surface area contributed by atoms with Crippen molar-refractivity contribution in [3.63, 3.8) is 0 Å². The highest BCUT2D eigenvalue weighted by molar-refractivity contribution is 6.06. The number of nitrogens with one attached hydrogen (secondary N) is 1. The maximum atomic E-state index is 13.1. The van der Waals surface area contributed by atoms with Gasteiger partial charge in [-0.1, -0.05) is 12.1 Å². The summed E-state index contributed by atoms with van der Waals surface area (Å²) in [4.78, 5) is 12.8. The summed E-state index contributed by atoms with van der Waals surface area (Å²) in [5.41, 5.74) is 1.46. The summed E-state index contributed by atoms with van der Waals surface area (Å²) in [7, 11) is 0. The lowest BCUT2D eigenvalue weighted by atomic mass is 10.1. The van der Waals surface area contributed by atoms with Crippen LogP contribution in [-0.2, 0) is 6.18 Å². The first-order chi connectivity index (χ1) is 13.7. The van der Waals surface area contributed by atoms with E-state index in [-0.39, 0.29) is 28.6 Å². The van der Waals surface area contributed by atoms with Crippen LogP contribution in [0.5, 0.6) is 5.75 Å². The van der Waals surface area contributed by atoms with Gasteiger partial charge in [-0.2, -0.15) is 18.3 Å². The number of hydrogen-bond donors (Lipinski definition) is 2. The number of aromatic nitrogens is 2. The maximum absolute atomic E-state index is 13.1. The Morgan fingerprint density at radius 3 is 2.66 bits per heavy atom. The van der Waals surface area contributed by atoms with Crippen LogP contribution < -0.4 is 5.32 Å². The number of phenols is 1. The monoisotopic (exact) mass is 401 g/mol. The number of benzene rings is 2. The Morgan fingerprint density at radius 2 is 1.97 bits per heavy atom. The number of carbonyl (C=O) groups is 1. The van der Waals surface area contributed by atoms with Gasteiger partial charge in [-0.3, -0.25) is 4.79 Å². The minimum absolute atomic E-state index is 0.0545. The van der Waals surface area contributed by atoms with E-state index in [1.54, 1.807) is 12.1 Å². The molecule has 0 unspecified atom stereocenters. The van der Waals surface area contributed by atoms with Crippen molar-refractivity contribution < 1.29 is 23.1 Å². The van der Waals surface area contributed by atoms with Crippen LogP contribution in [0.2, 0.25) is 0 Å². The summed E-state index contributed by atoms with van der Waals surface area (Å²) in [5, 5.41) is 16.8. The second-order valence-corrected chi connectivity index (χ2v) is 7.15. The Balaban J connectivity index is 1.71. The SMILES string of the molecule is Cc1ccc(O)c(NC(=O)c2cnn(-c3cccc(C(F)(F)F)c3)c2C2CC2)c1. The zero-order valence-corrected chi connectivity index (χ0v) is 15.5. The van der Waals surface area contributed by atoms with Crippen LogP contribution in [0.4, 0.5) is 18.9 Å². The molecule has 29 heavy (non-hydrogen) atoms. The summed E-state index contributed by atoms with van der Waals surface area (Å²) < 4.78 is 40.7. The van der Waals surface area contributed by atoms with Crippen LogP contribution in [0, 0.1) is 6.92 Å². The predicted octanol–water partition coefficient (Wildman–Crippen LogP) is 5.03. The van der Waals surface area contributed by atoms with Crippen LogP contribution in [-0.4, -0.2) is 20.8 Å². The van der Waals surface area contributed by atoms with Gasteiger partial charge in [0.15, 0.2) is 0 Å². The largest absolute Gasteiger partial charge is 0.506 e. The lowest BCUT2D eigenvalue weighted by Crippen LogP contribution is -2.14. The molecule has 1 aliphatic carbocycles. The van der Waals surface area contributed by atoms with Gasteiger partial charge >= 0.3 is 6.18 Å². The van der Waals surface area contributed by atoms with E-state index in [2.05, 4.69) is 10.4 Å². The number of aromatic hydroxyl groups is 1. The van der Waals surface area contributed by atoms with Gasteiger partial charge in [-0.05, 0) is 55.7 Å². The molecule has 5 nitrogen and oxygen atoms in total. The van der Waals surface area contributed by atoms with Crippen molar-refractivity contribution in [2.75, 3.05) is 5.32 Å². The lowest BCUT2D eigenvalue weighted by Gasteiger charge is -2.12. The molecule has 0 bridgehead atoms. The lowest BCUT2D eigenvalue weighted by molar-refractivity contribution is -0.137. The first kappa shape index (κ1) is 19.0. The summed E-state index contributed by atoms with van der Waals surface area (Å²) in [6, 6.07) is 9.71. The molecule has 150 valence electrons. The summed E-state index contributed by atoms with van der Waals surface area (Å²) in [6.07, 6.45) is -1.44. The molecule has 0 aliphatic heterocycles. The highest BCUT2D eigenvalue weighted by Gasteiger charge is 2.34. The average Bonchev–Trinajstić information content (AvgIpc) is 3.41. The topological polar surface area (TPSA) is 67.2 Å². The molecule has 1 aliphatic rings. The fourth-order valence-electron chi connectivity index (χ4n) is 3.24. The van der Waals surface area contributed by atoms with Gasteiger partial charge in [0.25, 0.3) is 5.91 Å². The first-order valence-electron chi connectivity index (χ1n) is 9.10. The van der Waals surface area contributed by atoms with Gasteiger partial charge in [-0.25, -0.2) is 4.68 Å². The molecule has 1 heterocycles. The van der Waals surface area contributed by atoms with E-state index in [9.17, 15) is 23.1 Å². The number of phenolic OH excluding ortho intramolecular Hbond substituents is 1. The molecule has 2 aromatic carbocycles. The number of anilines is 1. The van der Waals surface area contributed by atoms with E-state index in [1.165, 1.54) is 29.1 Å². The maximum Gasteiger partial charge on any atom is 0.416 e. The molecule has 1 saturated carbocycles. The van der Waals surface area contributed by atoms with Crippen molar-refractivity contribution in [2.45, 2.75) is 31.9 Å². The minimum atomic E-state index is -4.47. The van der Waals surface area contributed by atoms with Gasteiger partial charge < -0.3 is 10.4 Å². The van der Waals surface area contributed by atoms with Crippen LogP contribution in [0.3, 0.4) is 0 Å². The van der Waals surface area contributed by atoms with Crippen molar-refractivity contribution in [2.24, 2.45) is 0 Å². The number of alkyl halides is 3. The summed E-state index contributed by atoms with van der Waals surface area (Å²) >= 11 is 0. The number of aryl methyl sites for hydroxylation is 1. The van der Waals surface area contributed by atoms with Crippen molar-refractivity contribution >= 4 is 11.6 Å². The van der Waals surface area contributed by atoms with E-state index >= 15 is 0 Å². The Bertz CT molecular complexity index is 1090. The number of halogens is 3. The molecule has 0 spiro atoms. The standard InChI is InChI=1S/C21H18F3N3O2/c1-12-5-8-18(28)17(9-12)26-20(29)16-11-25-27(19(16)13-6-7-13)15-4-2-3-14(10-15)21(22,23)24/h2-5,8-11,13,28H,6-7H2,1H3,(H,26,29). The van der Waals surface area contributed by atoms with Crippen molar-refractivity contribution in [1.82, 2.24) is 9.78 Å². The van der Waals surface area contributed by atoms with E-state index in [0.29, 0.717) is 5.69 Å². The molecule has 4 rings (SSSR count). The average molecular weight is 401 g/mol. The highest BCUT2D eigenvalue weighted by atomic mass is 19.4. The fourth-order valence-corrected chi connectivity index (χ4v) is 3.24. The number of nitrogens with zero attached hydrogens (tertiary/aromatic N) is 2. The van der Waals surface area contributed by atoms with E-state index in [0.717, 1.165) is 30.5 Å². The van der Waals surface area contributed by atoms with Crippen molar-refractivity contribution in [1.29, 1.82) is 0 Å². The van der Waals surface area contributed by atoms with Crippen molar-refractivity contribution in [3.05, 3.63) is 71.0 Å². The first-order valence-corrected chi connectivity index (χ1v) is 9.10. The van der Waals surface area contributed by atoms with Crippen LogP contribution in [0.15, 0.2) is 48.7 Å². The van der Waals surface area contributed by atoms with Gasteiger partial charge in [-0.15, -0.1) is 0 Å². The number of rotatable bonds is 4. The highest BCUT2D eigenvalue weighted by Crippen LogP contribution is 2.43. The Labute approximate surface area is 164 Å². The van der Waals surface area contributed by atoms with Gasteiger partial charge in [0.1, 0.15) is 5.75 Å². The third kappa shape index (κ3) is 3.83. The second kappa shape index (κ2) is 6.95. The molecule has 0 atom stereocenters. The number of amides is 1. The molecule has 1 amide bonds. The molecular weight excluding hydrogens is 383 g/mol. The normalized spacial score (nSPS) is 14.1. The molecule has 0 radical (unpaired) electrons. The van der Waals surface area contributed by atoms with Crippen LogP contribution in [0.1, 0.15) is 45.9 Å². The molecular formula is C21H18F3N3O2. The molecule has 8 heteroatoms. The molecule has 0 saturated heterocycles. The van der Waals surface area contributed by atoms with Gasteiger partial charge in [0.2, 0.25) is 0 Å². The van der Waals surface area contributed by atoms with Crippen LogP contribution >= 0.6 is 0 Å². The summed E-state index contributed by atoms with van der Waals surface area (Å²) in [6.45, 7) is 1.83. The van der Waals surface area contributed by atoms with Crippen molar-refractivity contribution in [3.8, 4) is 11.4 Å². The molecule has 2 N–H and O–H groups in total. The molecule has 3 aromatic rings. The Kier molecular flexibility index (Phi) is 4.56. The minimum Gasteiger partial charge on any atom is -0.506 e. The smallest absolute Gasteiger partial charge is 0.416 e. The zero-order valence-electron chi connectivity index (χ0n) is 15.5. The molecule has 1 aromatic heterocycles. The van der Waals surface area contributed by atoms with E-state index < -0.39 is 17.6 Å². The van der Waals surface area contributed by atoms with Crippen LogP contribution in [0.25, 0.3) is 5.69 Å². The zero-order chi connectivity index (χ0) is 20.8. The Morgan fingerprint density at radius 1 is 1.21 bits per heavy atom. The fraction of sp³-hybridized carbons (Fsp3) is 0.238. The summed E-state index contributed by atoms with van der Waals surface area (Å²) in [5.74, 6) is -0.480. The third-order valence-electron chi connectivity index (χ3n) is 4.83. The Hall–Kier alpha value is -3.29. The van der Waals surface area contributed by atoms with Gasteiger partial charge in [0.05, 0.1) is 34.4 Å². The quantitative estimate of drug-likeness (QED) is 0.602. The van der Waals surface area contributed by atoms with E-state index in [1.807, 2.05) is 6.92 Å². The number of hydrogen-bond acceptors (Lipinski definition) is 3. The van der Waals surface area contributed by atoms with Gasteiger partial charge in [0, 0.05) is 5.92 Å². The third-order valence-corrected chi connectivity index (χ3v) is 4.83. The predicted molar refractivity (Wildman–Crippen MR) is 101 cm³/mol. The second-order valence-electron chi connectivity index (χ2n) is 7.15. The van der Waals surface area contributed by atoms with E-state index in [4.69, 9.17) is 0 Å².